The molecule has 3 aromatic rings. The maximum Gasteiger partial charge on any atom is 0.257 e. The zero-order valence-electron chi connectivity index (χ0n) is 15.3. The van der Waals surface area contributed by atoms with Gasteiger partial charge in [0.1, 0.15) is 17.6 Å². The number of ether oxygens (including phenoxy) is 1. The van der Waals surface area contributed by atoms with Gasteiger partial charge in [0, 0.05) is 31.0 Å². The normalized spacial score (nSPS) is 20.0. The number of carbonyl (C=O) groups is 1. The van der Waals surface area contributed by atoms with Gasteiger partial charge >= 0.3 is 0 Å². The van der Waals surface area contributed by atoms with E-state index in [0.29, 0.717) is 30.0 Å². The molecule has 0 spiro atoms. The van der Waals surface area contributed by atoms with Crippen molar-refractivity contribution in [2.75, 3.05) is 26.8 Å². The molecule has 2 atom stereocenters. The molecule has 0 aliphatic carbocycles. The third-order valence-corrected chi connectivity index (χ3v) is 5.49. The Kier molecular flexibility index (Phi) is 4.86. The van der Waals surface area contributed by atoms with Crippen LogP contribution in [0.3, 0.4) is 0 Å². The highest BCUT2D eigenvalue weighted by Crippen LogP contribution is 2.34. The summed E-state index contributed by atoms with van der Waals surface area (Å²) in [5.74, 6) is 0.917. The lowest BCUT2D eigenvalue weighted by atomic mass is 9.81. The second kappa shape index (κ2) is 7.45. The second-order valence-corrected chi connectivity index (χ2v) is 7.01. The van der Waals surface area contributed by atoms with E-state index in [0.717, 1.165) is 11.8 Å². The van der Waals surface area contributed by atoms with Gasteiger partial charge in [0.25, 0.3) is 5.91 Å². The second-order valence-electron chi connectivity index (χ2n) is 7.01. The fourth-order valence-corrected chi connectivity index (χ4v) is 4.01. The Bertz CT molecular complexity index is 934. The lowest BCUT2D eigenvalue weighted by molar-refractivity contribution is 0.0579. The monoisotopic (exact) mass is 365 g/mol. The number of aliphatic hydroxyl groups is 1. The summed E-state index contributed by atoms with van der Waals surface area (Å²) in [5, 5.41) is 10.7. The Morgan fingerprint density at radius 3 is 2.81 bits per heavy atom. The summed E-state index contributed by atoms with van der Waals surface area (Å²) in [6.45, 7) is 1.25. The number of rotatable bonds is 4. The number of methoxy groups -OCH3 is 1. The van der Waals surface area contributed by atoms with E-state index in [1.54, 1.807) is 7.11 Å². The summed E-state index contributed by atoms with van der Waals surface area (Å²) in [6, 6.07) is 15.7. The highest BCUT2D eigenvalue weighted by molar-refractivity contribution is 6.06. The van der Waals surface area contributed by atoms with Gasteiger partial charge < -0.3 is 19.2 Å². The van der Waals surface area contributed by atoms with E-state index in [1.807, 2.05) is 41.3 Å². The molecule has 5 nitrogen and oxygen atoms in total. The molecule has 4 rings (SSSR count). The van der Waals surface area contributed by atoms with Crippen molar-refractivity contribution in [1.82, 2.24) is 4.90 Å². The van der Waals surface area contributed by atoms with Crippen LogP contribution in [-0.2, 0) is 0 Å². The maximum absolute atomic E-state index is 13.1. The average Bonchev–Trinajstić information content (AvgIpc) is 3.16. The van der Waals surface area contributed by atoms with Gasteiger partial charge in [0.15, 0.2) is 0 Å². The molecule has 1 N–H and O–H groups in total. The molecule has 2 heterocycles. The van der Waals surface area contributed by atoms with E-state index >= 15 is 0 Å². The summed E-state index contributed by atoms with van der Waals surface area (Å²) in [4.78, 5) is 14.9. The molecule has 0 radical (unpaired) electrons. The summed E-state index contributed by atoms with van der Waals surface area (Å²) in [6.07, 6.45) is 2.35. The number of piperidine rings is 1. The highest BCUT2D eigenvalue weighted by atomic mass is 16.5. The van der Waals surface area contributed by atoms with Gasteiger partial charge in [-0.3, -0.25) is 4.79 Å². The van der Waals surface area contributed by atoms with Crippen LogP contribution >= 0.6 is 0 Å². The molecule has 0 bridgehead atoms. The minimum Gasteiger partial charge on any atom is -0.497 e. The van der Waals surface area contributed by atoms with E-state index < -0.39 is 0 Å². The Morgan fingerprint density at radius 1 is 1.26 bits per heavy atom. The molecule has 5 heteroatoms. The summed E-state index contributed by atoms with van der Waals surface area (Å²) >= 11 is 0. The Balaban J connectivity index is 1.57. The van der Waals surface area contributed by atoms with Crippen molar-refractivity contribution in [2.24, 2.45) is 5.92 Å². The van der Waals surface area contributed by atoms with Crippen LogP contribution in [0, 0.1) is 5.92 Å². The molecule has 1 fully saturated rings. The van der Waals surface area contributed by atoms with Crippen LogP contribution < -0.4 is 4.74 Å². The van der Waals surface area contributed by atoms with Crippen LogP contribution in [0.25, 0.3) is 11.0 Å². The lowest BCUT2D eigenvalue weighted by Crippen LogP contribution is -2.44. The van der Waals surface area contributed by atoms with Crippen molar-refractivity contribution in [1.29, 1.82) is 0 Å². The van der Waals surface area contributed by atoms with Crippen molar-refractivity contribution in [2.45, 2.75) is 12.3 Å². The van der Waals surface area contributed by atoms with Gasteiger partial charge in [-0.1, -0.05) is 30.3 Å². The molecule has 1 aromatic heterocycles. The topological polar surface area (TPSA) is 62.9 Å². The number of fused-ring (bicyclic) bond motifs is 1. The summed E-state index contributed by atoms with van der Waals surface area (Å²) in [5.41, 5.74) is 2.43. The number of aliphatic hydroxyl groups excluding tert-OH is 1. The number of hydrogen-bond donors (Lipinski definition) is 1. The largest absolute Gasteiger partial charge is 0.497 e. The summed E-state index contributed by atoms with van der Waals surface area (Å²) in [7, 11) is 1.60. The molecule has 140 valence electrons. The van der Waals surface area contributed by atoms with Gasteiger partial charge in [0.2, 0.25) is 0 Å². The predicted octanol–water partition coefficient (Wildman–Crippen LogP) is 3.68. The zero-order valence-corrected chi connectivity index (χ0v) is 15.3. The lowest BCUT2D eigenvalue weighted by Gasteiger charge is -2.38. The Labute approximate surface area is 158 Å². The number of hydrogen-bond acceptors (Lipinski definition) is 4. The van der Waals surface area contributed by atoms with Crippen LogP contribution in [0.1, 0.15) is 28.3 Å². The quantitative estimate of drug-likeness (QED) is 0.766. The Morgan fingerprint density at radius 2 is 2.07 bits per heavy atom. The van der Waals surface area contributed by atoms with Gasteiger partial charge in [-0.15, -0.1) is 0 Å². The first-order valence-electron chi connectivity index (χ1n) is 9.21. The molecule has 0 unspecified atom stereocenters. The molecule has 0 saturated carbocycles. The van der Waals surface area contributed by atoms with Crippen LogP contribution in [-0.4, -0.2) is 42.7 Å². The van der Waals surface area contributed by atoms with Crippen molar-refractivity contribution in [3.05, 3.63) is 65.9 Å². The van der Waals surface area contributed by atoms with E-state index in [2.05, 4.69) is 12.1 Å². The van der Waals surface area contributed by atoms with Crippen LogP contribution in [0.2, 0.25) is 0 Å². The molecule has 1 saturated heterocycles. The third kappa shape index (κ3) is 3.30. The minimum absolute atomic E-state index is 0.0257. The summed E-state index contributed by atoms with van der Waals surface area (Å²) < 4.78 is 10.8. The zero-order chi connectivity index (χ0) is 18.8. The van der Waals surface area contributed by atoms with Crippen molar-refractivity contribution >= 4 is 16.9 Å². The number of furan rings is 1. The SMILES string of the molecule is COc1ccc2occ(C(=O)N3CC[C@@H](c4ccccc4)[C@@H](CO)C3)c2c1. The maximum atomic E-state index is 13.1. The van der Waals surface area contributed by atoms with Gasteiger partial charge in [-0.2, -0.15) is 0 Å². The first kappa shape index (κ1) is 17.6. The van der Waals surface area contributed by atoms with E-state index in [9.17, 15) is 9.90 Å². The molecular weight excluding hydrogens is 342 g/mol. The fraction of sp³-hybridized carbons (Fsp3) is 0.318. The molecule has 1 amide bonds. The predicted molar refractivity (Wildman–Crippen MR) is 103 cm³/mol. The molecule has 1 aliphatic heterocycles. The van der Waals surface area contributed by atoms with Gasteiger partial charge in [0.05, 0.1) is 12.7 Å². The van der Waals surface area contributed by atoms with Crippen LogP contribution in [0.4, 0.5) is 0 Å². The van der Waals surface area contributed by atoms with Gasteiger partial charge in [-0.25, -0.2) is 0 Å². The first-order chi connectivity index (χ1) is 13.2. The van der Waals surface area contributed by atoms with Crippen molar-refractivity contribution < 1.29 is 19.1 Å². The molecular formula is C22H23NO4. The smallest absolute Gasteiger partial charge is 0.257 e. The number of benzene rings is 2. The highest BCUT2D eigenvalue weighted by Gasteiger charge is 2.33. The third-order valence-electron chi connectivity index (χ3n) is 5.49. The van der Waals surface area contributed by atoms with Gasteiger partial charge in [-0.05, 0) is 36.1 Å². The van der Waals surface area contributed by atoms with E-state index in [4.69, 9.17) is 9.15 Å². The van der Waals surface area contributed by atoms with Crippen LogP contribution in [0.15, 0.2) is 59.2 Å². The number of carbonyl (C=O) groups excluding carboxylic acids is 1. The molecule has 2 aromatic carbocycles. The Hall–Kier alpha value is -2.79. The average molecular weight is 365 g/mol. The standard InChI is InChI=1S/C22H23NO4/c1-26-17-7-8-21-19(11-17)20(14-27-21)22(25)23-10-9-18(16(12-23)13-24)15-5-3-2-4-6-15/h2-8,11,14,16,18,24H,9-10,12-13H2,1H3/t16-,18+/m1/s1. The number of nitrogens with zero attached hydrogens (tertiary/aromatic N) is 1. The van der Waals surface area contributed by atoms with E-state index in [-0.39, 0.29) is 24.3 Å². The van der Waals surface area contributed by atoms with Crippen molar-refractivity contribution in [3.8, 4) is 5.75 Å². The molecule has 1 aliphatic rings. The van der Waals surface area contributed by atoms with Crippen molar-refractivity contribution in [3.63, 3.8) is 0 Å². The van der Waals surface area contributed by atoms with E-state index in [1.165, 1.54) is 11.8 Å². The fourth-order valence-electron chi connectivity index (χ4n) is 4.01. The van der Waals surface area contributed by atoms with Crippen LogP contribution in [0.5, 0.6) is 5.75 Å². The minimum atomic E-state index is -0.0630. The molecule has 27 heavy (non-hydrogen) atoms. The number of likely N-dealkylation sites (tertiary alicyclic amines) is 1. The first-order valence-corrected chi connectivity index (χ1v) is 9.21. The number of amides is 1.